The smallest absolute Gasteiger partial charge is 0.270 e. The molecule has 0 saturated carbocycles. The van der Waals surface area contributed by atoms with Gasteiger partial charge >= 0.3 is 0 Å². The first-order valence-corrected chi connectivity index (χ1v) is 14.7. The minimum atomic E-state index is -0.713. The zero-order chi connectivity index (χ0) is 33.1. The molecule has 11 heteroatoms. The highest BCUT2D eigenvalue weighted by Gasteiger charge is 2.12. The van der Waals surface area contributed by atoms with E-state index in [1.54, 1.807) is 18.2 Å². The number of carbonyl (C=O) groups excluding carboxylic acids is 4. The molecule has 0 fully saturated rings. The van der Waals surface area contributed by atoms with Gasteiger partial charge in [0.25, 0.3) is 22.3 Å². The number of hydrogen-bond donors (Lipinski definition) is 3. The highest BCUT2D eigenvalue weighted by atomic mass is 35.5. The molecule has 0 bridgehead atoms. The van der Waals surface area contributed by atoms with E-state index in [0.29, 0.717) is 19.6 Å². The second kappa shape index (κ2) is 19.2. The lowest BCUT2D eigenvalue weighted by atomic mass is 10.2. The summed E-state index contributed by atoms with van der Waals surface area (Å²) < 4.78 is 0. The van der Waals surface area contributed by atoms with Gasteiger partial charge in [0.2, 0.25) is 0 Å². The molecule has 9 nitrogen and oxygen atoms in total. The minimum Gasteiger partial charge on any atom is -0.347 e. The Balaban J connectivity index is 0.000000236. The predicted molar refractivity (Wildman–Crippen MR) is 178 cm³/mol. The van der Waals surface area contributed by atoms with Gasteiger partial charge in [-0.1, -0.05) is 103 Å². The summed E-state index contributed by atoms with van der Waals surface area (Å²) in [4.78, 5) is 53.5. The first kappa shape index (κ1) is 35.3. The molecule has 0 aliphatic carbocycles. The van der Waals surface area contributed by atoms with Gasteiger partial charge in [0, 0.05) is 19.6 Å². The largest absolute Gasteiger partial charge is 0.347 e. The highest BCUT2D eigenvalue weighted by molar-refractivity contribution is 6.68. The Hall–Kier alpha value is -5.22. The molecule has 0 radical (unpaired) electrons. The van der Waals surface area contributed by atoms with E-state index >= 15 is 0 Å². The van der Waals surface area contributed by atoms with Crippen LogP contribution in [0.1, 0.15) is 58.6 Å². The van der Waals surface area contributed by atoms with Crippen LogP contribution in [0.2, 0.25) is 0 Å². The Morgan fingerprint density at radius 2 is 0.804 bits per heavy atom. The normalized spacial score (nSPS) is 9.80. The molecule has 0 aliphatic rings. The SMILES string of the molecule is NCc1ccccc1.O=C(Cl)c1cccc(C(=O)Cl)n1.O=C(NCc1ccccc1)c1cccc(C(=O)NCc2ccccc2)n1. The lowest BCUT2D eigenvalue weighted by Crippen LogP contribution is -2.27. The first-order chi connectivity index (χ1) is 22.3. The molecule has 0 unspecified atom stereocenters. The van der Waals surface area contributed by atoms with Gasteiger partial charge in [-0.15, -0.1) is 0 Å². The number of nitrogens with one attached hydrogen (secondary N) is 2. The summed E-state index contributed by atoms with van der Waals surface area (Å²) in [7, 11) is 0. The van der Waals surface area contributed by atoms with Gasteiger partial charge in [0.1, 0.15) is 22.8 Å². The number of pyridine rings is 2. The zero-order valence-electron chi connectivity index (χ0n) is 24.6. The molecule has 2 heterocycles. The van der Waals surface area contributed by atoms with Crippen LogP contribution in [0.3, 0.4) is 0 Å². The van der Waals surface area contributed by atoms with E-state index in [1.165, 1.54) is 23.8 Å². The van der Waals surface area contributed by atoms with E-state index in [4.69, 9.17) is 28.9 Å². The third kappa shape index (κ3) is 12.4. The predicted octanol–water partition coefficient (Wildman–Crippen LogP) is 5.93. The van der Waals surface area contributed by atoms with Crippen LogP contribution in [-0.4, -0.2) is 32.3 Å². The van der Waals surface area contributed by atoms with Crippen LogP contribution in [0.15, 0.2) is 127 Å². The van der Waals surface area contributed by atoms with Crippen LogP contribution in [0.25, 0.3) is 0 Å². The van der Waals surface area contributed by atoms with Crippen molar-refractivity contribution in [2.75, 3.05) is 0 Å². The van der Waals surface area contributed by atoms with Crippen LogP contribution in [0.4, 0.5) is 0 Å². The van der Waals surface area contributed by atoms with Crippen LogP contribution in [0.5, 0.6) is 0 Å². The number of benzene rings is 3. The fourth-order valence-electron chi connectivity index (χ4n) is 3.69. The summed E-state index contributed by atoms with van der Waals surface area (Å²) in [6.45, 7) is 1.46. The lowest BCUT2D eigenvalue weighted by Gasteiger charge is -2.07. The number of rotatable bonds is 9. The number of hydrogen-bond acceptors (Lipinski definition) is 7. The molecule has 5 aromatic rings. The van der Waals surface area contributed by atoms with Crippen molar-refractivity contribution in [2.24, 2.45) is 5.73 Å². The quantitative estimate of drug-likeness (QED) is 0.167. The molecule has 2 aromatic heterocycles. The molecule has 5 rings (SSSR count). The first-order valence-electron chi connectivity index (χ1n) is 14.0. The third-order valence-corrected chi connectivity index (χ3v) is 6.42. The van der Waals surface area contributed by atoms with Crippen molar-refractivity contribution in [2.45, 2.75) is 19.6 Å². The lowest BCUT2D eigenvalue weighted by molar-refractivity contribution is 0.0939. The molecule has 0 aliphatic heterocycles. The number of halogens is 2. The Bertz CT molecular complexity index is 1620. The number of nitrogens with zero attached hydrogens (tertiary/aromatic N) is 2. The maximum absolute atomic E-state index is 12.3. The molecule has 234 valence electrons. The molecular formula is C35H31Cl2N5O4. The minimum absolute atomic E-state index is 0.0168. The maximum Gasteiger partial charge on any atom is 0.270 e. The van der Waals surface area contributed by atoms with Crippen LogP contribution < -0.4 is 16.4 Å². The van der Waals surface area contributed by atoms with Crippen molar-refractivity contribution in [3.8, 4) is 0 Å². The zero-order valence-corrected chi connectivity index (χ0v) is 26.1. The van der Waals surface area contributed by atoms with E-state index in [9.17, 15) is 19.2 Å². The molecular weight excluding hydrogens is 625 g/mol. The second-order valence-electron chi connectivity index (χ2n) is 9.39. The molecule has 0 atom stereocenters. The monoisotopic (exact) mass is 655 g/mol. The Labute approximate surface area is 276 Å². The summed E-state index contributed by atoms with van der Waals surface area (Å²) in [6.07, 6.45) is 0. The van der Waals surface area contributed by atoms with Crippen molar-refractivity contribution >= 4 is 45.5 Å². The Morgan fingerprint density at radius 1 is 0.478 bits per heavy atom. The van der Waals surface area contributed by atoms with Gasteiger partial charge in [0.05, 0.1) is 0 Å². The van der Waals surface area contributed by atoms with Gasteiger partial charge in [-0.3, -0.25) is 19.2 Å². The van der Waals surface area contributed by atoms with Gasteiger partial charge < -0.3 is 16.4 Å². The van der Waals surface area contributed by atoms with Gasteiger partial charge in [0.15, 0.2) is 0 Å². The number of carbonyl (C=O) groups is 4. The molecule has 0 saturated heterocycles. The molecule has 46 heavy (non-hydrogen) atoms. The third-order valence-electron chi connectivity index (χ3n) is 6.04. The Morgan fingerprint density at radius 3 is 1.13 bits per heavy atom. The number of nitrogens with two attached hydrogens (primary N) is 1. The van der Waals surface area contributed by atoms with Crippen LogP contribution in [0, 0.1) is 0 Å². The average Bonchev–Trinajstić information content (AvgIpc) is 3.11. The van der Waals surface area contributed by atoms with Gasteiger partial charge in [-0.05, 0) is 64.2 Å². The fraction of sp³-hybridized carbons (Fsp3) is 0.0857. The van der Waals surface area contributed by atoms with Gasteiger partial charge in [-0.25, -0.2) is 9.97 Å². The topological polar surface area (TPSA) is 144 Å². The van der Waals surface area contributed by atoms with Crippen LogP contribution in [-0.2, 0) is 19.6 Å². The van der Waals surface area contributed by atoms with Crippen LogP contribution >= 0.6 is 23.2 Å². The summed E-state index contributed by atoms with van der Waals surface area (Å²) in [6, 6.07) is 38.3. The van der Waals surface area contributed by atoms with E-state index in [2.05, 4.69) is 20.6 Å². The van der Waals surface area contributed by atoms with Crippen molar-refractivity contribution in [1.82, 2.24) is 20.6 Å². The van der Waals surface area contributed by atoms with Crippen molar-refractivity contribution in [3.63, 3.8) is 0 Å². The van der Waals surface area contributed by atoms with Crippen molar-refractivity contribution < 1.29 is 19.2 Å². The fourth-order valence-corrected chi connectivity index (χ4v) is 3.90. The molecule has 3 aromatic carbocycles. The molecule has 4 N–H and O–H groups in total. The number of amides is 2. The van der Waals surface area contributed by atoms with Gasteiger partial charge in [-0.2, -0.15) is 0 Å². The maximum atomic E-state index is 12.3. The van der Waals surface area contributed by atoms with E-state index in [0.717, 1.165) is 11.1 Å². The second-order valence-corrected chi connectivity index (χ2v) is 10.1. The summed E-state index contributed by atoms with van der Waals surface area (Å²) in [5.41, 5.74) is 9.00. The number of aromatic nitrogens is 2. The summed E-state index contributed by atoms with van der Waals surface area (Å²) >= 11 is 10.2. The highest BCUT2D eigenvalue weighted by Crippen LogP contribution is 2.06. The standard InChI is InChI=1S/C21H19N3O2.C7H3Cl2NO2.C7H9N/c25-20(22-14-16-8-3-1-4-9-16)18-12-7-13-19(24-18)21(26)23-15-17-10-5-2-6-11-17;8-6(11)4-2-1-3-5(10-4)7(9)12;8-6-7-4-2-1-3-5-7/h1-13H,14-15H2,(H,22,25)(H,23,26);1-3H;1-5H,6,8H2. The van der Waals surface area contributed by atoms with E-state index in [1.807, 2.05) is 91.0 Å². The van der Waals surface area contributed by atoms with Crippen molar-refractivity contribution in [1.29, 1.82) is 0 Å². The van der Waals surface area contributed by atoms with E-state index < -0.39 is 10.5 Å². The molecule has 2 amide bonds. The van der Waals surface area contributed by atoms with E-state index in [-0.39, 0.29) is 34.6 Å². The van der Waals surface area contributed by atoms with Crippen molar-refractivity contribution in [3.05, 3.63) is 167 Å². The molecule has 0 spiro atoms. The average molecular weight is 657 g/mol. The Kier molecular flexibility index (Phi) is 14.7. The summed E-state index contributed by atoms with van der Waals surface area (Å²) in [5, 5.41) is 4.19. The summed E-state index contributed by atoms with van der Waals surface area (Å²) in [5.74, 6) is -0.627.